The van der Waals surface area contributed by atoms with Crippen LogP contribution in [0.25, 0.3) is 0 Å². The van der Waals surface area contributed by atoms with Gasteiger partial charge in [-0.3, -0.25) is 0 Å². The number of rotatable bonds is 1. The number of halogens is 3. The molecule has 1 rings (SSSR count). The molecule has 0 aromatic carbocycles. The Hall–Kier alpha value is -0.250. The summed E-state index contributed by atoms with van der Waals surface area (Å²) in [5.41, 5.74) is 0. The summed E-state index contributed by atoms with van der Waals surface area (Å²) in [6.45, 7) is 0.527. The average Bonchev–Trinajstić information content (AvgIpc) is 2.12. The van der Waals surface area contributed by atoms with E-state index in [2.05, 4.69) is 5.32 Å². The summed E-state index contributed by atoms with van der Waals surface area (Å²) >= 11 is 0. The molecule has 1 nitrogen and oxygen atoms in total. The molecule has 0 saturated carbocycles. The Morgan fingerprint density at radius 1 is 1.50 bits per heavy atom. The highest BCUT2D eigenvalue weighted by molar-refractivity contribution is 4.84. The zero-order valence-electron chi connectivity index (χ0n) is 4.13. The monoisotopic (exact) mass is 125 g/mol. The predicted molar refractivity (Wildman–Crippen MR) is 22.5 cm³/mol. The van der Waals surface area contributed by atoms with Crippen LogP contribution < -0.4 is 5.32 Å². The Morgan fingerprint density at radius 2 is 2.00 bits per heavy atom. The second-order valence-electron chi connectivity index (χ2n) is 1.92. The molecule has 0 bridgehead atoms. The van der Waals surface area contributed by atoms with Crippen molar-refractivity contribution in [3.05, 3.63) is 0 Å². The second-order valence-corrected chi connectivity index (χ2v) is 1.92. The van der Waals surface area contributed by atoms with Gasteiger partial charge < -0.3 is 5.32 Å². The minimum Gasteiger partial charge on any atom is -0.311 e. The minimum atomic E-state index is -3.98. The van der Waals surface area contributed by atoms with Gasteiger partial charge in [0.15, 0.2) is 0 Å². The first-order valence-electron chi connectivity index (χ1n) is 2.38. The Morgan fingerprint density at radius 3 is 2.12 bits per heavy atom. The van der Waals surface area contributed by atoms with E-state index in [4.69, 9.17) is 0 Å². The molecule has 1 fully saturated rings. The molecule has 1 unspecified atom stereocenters. The van der Waals surface area contributed by atoms with Crippen LogP contribution in [0.4, 0.5) is 13.2 Å². The Kier molecular flexibility index (Phi) is 1.19. The third-order valence-corrected chi connectivity index (χ3v) is 0.971. The maximum Gasteiger partial charge on any atom is 0.390 e. The molecular weight excluding hydrogens is 119 g/mol. The third kappa shape index (κ3) is 2.16. The molecule has 4 heteroatoms. The van der Waals surface area contributed by atoms with Crippen LogP contribution in [0.15, 0.2) is 0 Å². The highest BCUT2D eigenvalue weighted by Crippen LogP contribution is 2.24. The molecule has 0 aromatic rings. The molecule has 8 heavy (non-hydrogen) atoms. The summed E-state index contributed by atoms with van der Waals surface area (Å²) in [6.07, 6.45) is -4.65. The molecule has 0 radical (unpaired) electrons. The normalized spacial score (nSPS) is 28.1. The van der Waals surface area contributed by atoms with E-state index in [1.54, 1.807) is 0 Å². The van der Waals surface area contributed by atoms with Crippen molar-refractivity contribution in [3.63, 3.8) is 0 Å². The van der Waals surface area contributed by atoms with E-state index in [1.807, 2.05) is 0 Å². The molecule has 0 aliphatic carbocycles. The number of hydrogen-bond donors (Lipinski definition) is 1. The van der Waals surface area contributed by atoms with Gasteiger partial charge in [-0.2, -0.15) is 13.2 Å². The van der Waals surface area contributed by atoms with Crippen LogP contribution in [0.3, 0.4) is 0 Å². The standard InChI is InChI=1S/C4H6F3N/c5-4(6,7)1-3-2-8-3/h3,8H,1-2H2. The fourth-order valence-electron chi connectivity index (χ4n) is 0.507. The quantitative estimate of drug-likeness (QED) is 0.517. The SMILES string of the molecule is FC(F)(F)CC1CN1. The van der Waals surface area contributed by atoms with Crippen molar-refractivity contribution in [1.29, 1.82) is 0 Å². The highest BCUT2D eigenvalue weighted by atomic mass is 19.4. The molecule has 1 saturated heterocycles. The first kappa shape index (κ1) is 5.88. The largest absolute Gasteiger partial charge is 0.390 e. The van der Waals surface area contributed by atoms with E-state index in [0.717, 1.165) is 0 Å². The molecule has 1 aliphatic heterocycles. The van der Waals surface area contributed by atoms with Crippen molar-refractivity contribution in [2.45, 2.75) is 18.6 Å². The summed E-state index contributed by atoms with van der Waals surface area (Å²) in [5, 5.41) is 2.57. The minimum absolute atomic E-state index is 0.282. The van der Waals surface area contributed by atoms with Crippen molar-refractivity contribution < 1.29 is 13.2 Å². The zero-order valence-corrected chi connectivity index (χ0v) is 4.13. The van der Waals surface area contributed by atoms with Gasteiger partial charge in [0, 0.05) is 12.6 Å². The first-order chi connectivity index (χ1) is 3.58. The number of nitrogens with one attached hydrogen (secondary N) is 1. The van der Waals surface area contributed by atoms with Gasteiger partial charge in [0.1, 0.15) is 0 Å². The second kappa shape index (κ2) is 1.62. The van der Waals surface area contributed by atoms with Crippen LogP contribution in [0, 0.1) is 0 Å². The average molecular weight is 125 g/mol. The highest BCUT2D eigenvalue weighted by Gasteiger charge is 2.36. The summed E-state index contributed by atoms with van der Waals surface area (Å²) in [6, 6.07) is -0.282. The maximum atomic E-state index is 11.3. The van der Waals surface area contributed by atoms with Crippen LogP contribution >= 0.6 is 0 Å². The molecule has 1 aliphatic rings. The van der Waals surface area contributed by atoms with Gasteiger partial charge in [-0.1, -0.05) is 0 Å². The molecule has 1 atom stereocenters. The van der Waals surface area contributed by atoms with Crippen molar-refractivity contribution in [3.8, 4) is 0 Å². The summed E-state index contributed by atoms with van der Waals surface area (Å²) in [7, 11) is 0. The number of hydrogen-bond acceptors (Lipinski definition) is 1. The fraction of sp³-hybridized carbons (Fsp3) is 1.00. The van der Waals surface area contributed by atoms with Crippen LogP contribution in [0.1, 0.15) is 6.42 Å². The van der Waals surface area contributed by atoms with Crippen LogP contribution in [0.2, 0.25) is 0 Å². The lowest BCUT2D eigenvalue weighted by atomic mass is 10.3. The van der Waals surface area contributed by atoms with E-state index in [0.29, 0.717) is 6.54 Å². The summed E-state index contributed by atoms with van der Waals surface area (Å²) in [5.74, 6) is 0. The third-order valence-electron chi connectivity index (χ3n) is 0.971. The topological polar surface area (TPSA) is 21.9 Å². The van der Waals surface area contributed by atoms with Gasteiger partial charge in [-0.25, -0.2) is 0 Å². The van der Waals surface area contributed by atoms with Crippen molar-refractivity contribution in [1.82, 2.24) is 5.32 Å². The maximum absolute atomic E-state index is 11.3. The molecule has 48 valence electrons. The van der Waals surface area contributed by atoms with Gasteiger partial charge in [0.2, 0.25) is 0 Å². The van der Waals surface area contributed by atoms with Crippen molar-refractivity contribution in [2.75, 3.05) is 6.54 Å². The molecule has 0 spiro atoms. The van der Waals surface area contributed by atoms with E-state index < -0.39 is 12.6 Å². The van der Waals surface area contributed by atoms with Crippen LogP contribution in [-0.4, -0.2) is 18.8 Å². The molecule has 1 N–H and O–H groups in total. The molecular formula is C4H6F3N. The molecule has 0 amide bonds. The Balaban J connectivity index is 2.16. The van der Waals surface area contributed by atoms with Gasteiger partial charge in [0.25, 0.3) is 0 Å². The smallest absolute Gasteiger partial charge is 0.311 e. The number of alkyl halides is 3. The van der Waals surface area contributed by atoms with Gasteiger partial charge in [0.05, 0.1) is 6.42 Å². The van der Waals surface area contributed by atoms with Crippen molar-refractivity contribution in [2.24, 2.45) is 0 Å². The Labute approximate surface area is 44.9 Å². The van der Waals surface area contributed by atoms with Crippen molar-refractivity contribution >= 4 is 0 Å². The lowest BCUT2D eigenvalue weighted by Gasteiger charge is -2.00. The fourth-order valence-corrected chi connectivity index (χ4v) is 0.507. The van der Waals surface area contributed by atoms with E-state index in [1.165, 1.54) is 0 Å². The first-order valence-corrected chi connectivity index (χ1v) is 2.38. The summed E-state index contributed by atoms with van der Waals surface area (Å²) < 4.78 is 33.9. The lowest BCUT2D eigenvalue weighted by molar-refractivity contribution is -0.134. The lowest BCUT2D eigenvalue weighted by Crippen LogP contribution is -2.11. The summed E-state index contributed by atoms with van der Waals surface area (Å²) in [4.78, 5) is 0. The van der Waals surface area contributed by atoms with E-state index >= 15 is 0 Å². The van der Waals surface area contributed by atoms with Gasteiger partial charge >= 0.3 is 6.18 Å². The zero-order chi connectivity index (χ0) is 6.20. The van der Waals surface area contributed by atoms with E-state index in [9.17, 15) is 13.2 Å². The predicted octanol–water partition coefficient (Wildman–Crippen LogP) is 0.911. The van der Waals surface area contributed by atoms with Crippen LogP contribution in [0.5, 0.6) is 0 Å². The van der Waals surface area contributed by atoms with Gasteiger partial charge in [-0.15, -0.1) is 0 Å². The molecule has 0 aromatic heterocycles. The van der Waals surface area contributed by atoms with E-state index in [-0.39, 0.29) is 6.04 Å². The van der Waals surface area contributed by atoms with Gasteiger partial charge in [-0.05, 0) is 0 Å². The van der Waals surface area contributed by atoms with Crippen LogP contribution in [-0.2, 0) is 0 Å². The molecule has 1 heterocycles. The Bertz CT molecular complexity index is 83.8.